The van der Waals surface area contributed by atoms with Gasteiger partial charge in [0.1, 0.15) is 0 Å². The smallest absolute Gasteiger partial charge is 0.0629 e. The van der Waals surface area contributed by atoms with Gasteiger partial charge in [-0.1, -0.05) is 42.3 Å². The monoisotopic (exact) mass is 140 g/mol. The van der Waals surface area contributed by atoms with Crippen LogP contribution in [0.4, 0.5) is 0 Å². The van der Waals surface area contributed by atoms with Crippen LogP contribution < -0.4 is 0 Å². The lowest BCUT2D eigenvalue weighted by Gasteiger charge is -1.88. The topological polar surface area (TPSA) is 20.2 Å². The van der Waals surface area contributed by atoms with Crippen LogP contribution in [0.1, 0.15) is 13.8 Å². The molecule has 1 N–H and O–H groups in total. The summed E-state index contributed by atoms with van der Waals surface area (Å²) in [7, 11) is 0. The summed E-state index contributed by atoms with van der Waals surface area (Å²) in [5.41, 5.74) is -0.194. The van der Waals surface area contributed by atoms with E-state index in [-0.39, 0.29) is 11.6 Å². The van der Waals surface area contributed by atoms with Gasteiger partial charge in [-0.3, -0.25) is 0 Å². The van der Waals surface area contributed by atoms with Gasteiger partial charge in [0.05, 0.1) is 14.8 Å². The lowest BCUT2D eigenvalue weighted by atomic mass is 10.2. The molecule has 0 aromatic heterocycles. The lowest BCUT2D eigenvalue weighted by molar-refractivity contribution is 0.343. The summed E-state index contributed by atoms with van der Waals surface area (Å²) in [5.74, 6) is 0. The number of aliphatic hydroxyl groups excluding tert-OH is 1. The van der Waals surface area contributed by atoms with E-state index in [2.05, 4.69) is 0 Å². The van der Waals surface area contributed by atoms with Gasteiger partial charge in [0.2, 0.25) is 0 Å². The molecule has 1 aromatic carbocycles. The molecule has 0 saturated carbocycles. The Morgan fingerprint density at radius 2 is 2.20 bits per heavy atom. The second-order valence-electron chi connectivity index (χ2n) is 1.53. The highest BCUT2D eigenvalue weighted by Crippen LogP contribution is 1.99. The minimum Gasteiger partial charge on any atom is -0.392 e. The molecule has 1 aromatic rings. The predicted molar refractivity (Wildman–Crippen MR) is 42.6 cm³/mol. The van der Waals surface area contributed by atoms with Crippen molar-refractivity contribution in [1.82, 2.24) is 0 Å². The Balaban J connectivity index is 3.58. The van der Waals surface area contributed by atoms with Crippen molar-refractivity contribution in [2.75, 3.05) is 6.61 Å². The SMILES string of the molecule is [2H]C(=CCO)c1c([2H])c([2H])c([2H])c([2H])c1[2H]. The molecule has 0 spiro atoms. The molecule has 1 heteroatoms. The maximum absolute atomic E-state index is 8.62. The highest BCUT2D eigenvalue weighted by atomic mass is 16.2. The first kappa shape index (κ1) is 2.51. The minimum absolute atomic E-state index is 0.194. The minimum atomic E-state index is -0.490. The molecule has 0 aliphatic rings. The van der Waals surface area contributed by atoms with Crippen molar-refractivity contribution in [2.45, 2.75) is 0 Å². The molecule has 0 saturated heterocycles. The molecule has 0 unspecified atom stereocenters. The summed E-state index contributed by atoms with van der Waals surface area (Å²) in [6, 6.07) is -2.59. The van der Waals surface area contributed by atoms with Gasteiger partial charge in [0.15, 0.2) is 0 Å². The van der Waals surface area contributed by atoms with Crippen LogP contribution in [-0.4, -0.2) is 11.7 Å². The molecule has 0 aliphatic carbocycles. The van der Waals surface area contributed by atoms with Gasteiger partial charge in [-0.25, -0.2) is 0 Å². The molecule has 10 heavy (non-hydrogen) atoms. The maximum Gasteiger partial charge on any atom is 0.0629 e. The third-order valence-electron chi connectivity index (χ3n) is 0.838. The molecule has 52 valence electrons. The summed E-state index contributed by atoms with van der Waals surface area (Å²) in [4.78, 5) is 0. The fourth-order valence-corrected chi connectivity index (χ4v) is 0.470. The third kappa shape index (κ3) is 2.03. The number of rotatable bonds is 2. The molecule has 1 rings (SSSR count). The molecule has 0 heterocycles. The average Bonchev–Trinajstić information content (AvgIpc) is 2.24. The zero-order valence-electron chi connectivity index (χ0n) is 11.2. The van der Waals surface area contributed by atoms with E-state index < -0.39 is 36.8 Å². The lowest BCUT2D eigenvalue weighted by Crippen LogP contribution is -1.72. The summed E-state index contributed by atoms with van der Waals surface area (Å²) >= 11 is 0. The van der Waals surface area contributed by atoms with Gasteiger partial charge in [0.25, 0.3) is 0 Å². The quantitative estimate of drug-likeness (QED) is 0.662. The van der Waals surface area contributed by atoms with Crippen molar-refractivity contribution in [1.29, 1.82) is 0 Å². The number of benzene rings is 1. The van der Waals surface area contributed by atoms with Crippen LogP contribution in [0, 0.1) is 0 Å². The van der Waals surface area contributed by atoms with E-state index >= 15 is 0 Å². The summed E-state index contributed by atoms with van der Waals surface area (Å²) < 4.78 is 44.7. The molecule has 0 amide bonds. The molecule has 0 aliphatic heterocycles. The van der Waals surface area contributed by atoms with Gasteiger partial charge in [-0.05, 0) is 5.56 Å². The Morgan fingerprint density at radius 3 is 2.80 bits per heavy atom. The van der Waals surface area contributed by atoms with Crippen LogP contribution in [0.25, 0.3) is 6.05 Å². The summed E-state index contributed by atoms with van der Waals surface area (Å²) in [5, 5.41) is 8.62. The third-order valence-corrected chi connectivity index (χ3v) is 0.838. The highest BCUT2D eigenvalue weighted by molar-refractivity contribution is 5.48. The van der Waals surface area contributed by atoms with Crippen molar-refractivity contribution >= 4 is 6.05 Å². The normalized spacial score (nSPS) is 19.9. The Kier molecular flexibility index (Phi) is 0.969. The van der Waals surface area contributed by atoms with Gasteiger partial charge in [-0.2, -0.15) is 0 Å². The molecule has 0 bridgehead atoms. The van der Waals surface area contributed by atoms with Crippen molar-refractivity contribution in [3.63, 3.8) is 0 Å². The molecule has 0 fully saturated rings. The van der Waals surface area contributed by atoms with Gasteiger partial charge >= 0.3 is 0 Å². The van der Waals surface area contributed by atoms with E-state index in [1.54, 1.807) is 0 Å². The molecule has 1 nitrogen and oxygen atoms in total. The van der Waals surface area contributed by atoms with E-state index in [0.29, 0.717) is 0 Å². The maximum atomic E-state index is 8.62. The van der Waals surface area contributed by atoms with Crippen LogP contribution in [-0.2, 0) is 0 Å². The Morgan fingerprint density at radius 1 is 1.50 bits per heavy atom. The van der Waals surface area contributed by atoms with Crippen LogP contribution in [0.3, 0.4) is 0 Å². The van der Waals surface area contributed by atoms with Crippen molar-refractivity contribution in [3.8, 4) is 0 Å². The largest absolute Gasteiger partial charge is 0.392 e. The fraction of sp³-hybridized carbons (Fsp3) is 0.111. The standard InChI is InChI=1S/C9H10O/c10-8-4-7-9-5-2-1-3-6-9/h1-7,10H,8H2/i1D,2D,3D,5D,6D,7D. The molecular formula is C9H10O. The first-order valence-corrected chi connectivity index (χ1v) is 2.76. The fourth-order valence-electron chi connectivity index (χ4n) is 0.470. The van der Waals surface area contributed by atoms with Crippen molar-refractivity contribution < 1.29 is 13.3 Å². The second-order valence-corrected chi connectivity index (χ2v) is 1.53. The number of hydrogen-bond acceptors (Lipinski definition) is 1. The van der Waals surface area contributed by atoms with Crippen molar-refractivity contribution in [3.05, 3.63) is 41.9 Å². The van der Waals surface area contributed by atoms with E-state index in [4.69, 9.17) is 13.3 Å². The van der Waals surface area contributed by atoms with E-state index in [1.165, 1.54) is 0 Å². The molecule has 0 atom stereocenters. The van der Waals surface area contributed by atoms with E-state index in [9.17, 15) is 0 Å². The molecular weight excluding hydrogens is 124 g/mol. The van der Waals surface area contributed by atoms with Crippen molar-refractivity contribution in [2.24, 2.45) is 0 Å². The summed E-state index contributed by atoms with van der Waals surface area (Å²) in [6.07, 6.45) is 1.08. The Hall–Kier alpha value is -1.08. The Labute approximate surface area is 69.1 Å². The van der Waals surface area contributed by atoms with E-state index in [1.807, 2.05) is 0 Å². The highest BCUT2D eigenvalue weighted by Gasteiger charge is 1.79. The molecule has 0 radical (unpaired) electrons. The van der Waals surface area contributed by atoms with Gasteiger partial charge in [0, 0.05) is 0 Å². The van der Waals surface area contributed by atoms with E-state index in [0.717, 1.165) is 6.08 Å². The second kappa shape index (κ2) is 3.85. The Bertz CT molecular complexity index is 425. The van der Waals surface area contributed by atoms with Crippen LogP contribution >= 0.6 is 0 Å². The number of hydrogen-bond donors (Lipinski definition) is 1. The first-order chi connectivity index (χ1) is 7.41. The van der Waals surface area contributed by atoms with Crippen LogP contribution in [0.2, 0.25) is 0 Å². The average molecular weight is 140 g/mol. The first-order valence-electron chi connectivity index (χ1n) is 5.76. The van der Waals surface area contributed by atoms with Gasteiger partial charge in [-0.15, -0.1) is 0 Å². The predicted octanol–water partition coefficient (Wildman–Crippen LogP) is 1.69. The zero-order chi connectivity index (χ0) is 12.5. The zero-order valence-corrected chi connectivity index (χ0v) is 5.23. The van der Waals surface area contributed by atoms with Crippen LogP contribution in [0.15, 0.2) is 36.3 Å². The van der Waals surface area contributed by atoms with Crippen LogP contribution in [0.5, 0.6) is 0 Å². The summed E-state index contributed by atoms with van der Waals surface area (Å²) in [6.45, 7) is -0.416. The van der Waals surface area contributed by atoms with Gasteiger partial charge < -0.3 is 5.11 Å². The number of aliphatic hydroxyl groups is 1.